The van der Waals surface area contributed by atoms with Crippen LogP contribution in [0.3, 0.4) is 0 Å². The van der Waals surface area contributed by atoms with Crippen LogP contribution in [0.1, 0.15) is 18.4 Å². The van der Waals surface area contributed by atoms with Gasteiger partial charge < -0.3 is 10.5 Å². The molecule has 1 aliphatic carbocycles. The van der Waals surface area contributed by atoms with Gasteiger partial charge in [-0.1, -0.05) is 6.07 Å². The minimum atomic E-state index is -0.342. The number of benzene rings is 1. The Kier molecular flexibility index (Phi) is 4.55. The van der Waals surface area contributed by atoms with E-state index in [9.17, 15) is 4.39 Å². The molecule has 1 aromatic rings. The number of hydrogen-bond acceptors (Lipinski definition) is 3. The fourth-order valence-electron chi connectivity index (χ4n) is 1.81. The summed E-state index contributed by atoms with van der Waals surface area (Å²) in [5, 5.41) is 0. The van der Waals surface area contributed by atoms with Gasteiger partial charge in [-0.25, -0.2) is 4.39 Å². The fraction of sp³-hybridized carbons (Fsp3) is 0.571. The fourth-order valence-corrected chi connectivity index (χ4v) is 1.81. The summed E-state index contributed by atoms with van der Waals surface area (Å²) in [7, 11) is 2.01. The molecule has 1 saturated carbocycles. The van der Waals surface area contributed by atoms with Crippen LogP contribution < -0.4 is 5.73 Å². The van der Waals surface area contributed by atoms with E-state index < -0.39 is 0 Å². The van der Waals surface area contributed by atoms with Gasteiger partial charge in [0.25, 0.3) is 0 Å². The third-order valence-corrected chi connectivity index (χ3v) is 3.19. The molecule has 0 heterocycles. The van der Waals surface area contributed by atoms with E-state index >= 15 is 0 Å². The lowest BCUT2D eigenvalue weighted by Gasteiger charge is -2.17. The van der Waals surface area contributed by atoms with Crippen LogP contribution in [-0.4, -0.2) is 31.7 Å². The Hall–Kier alpha value is -1.13. The number of ether oxygens (including phenoxy) is 1. The Balaban J connectivity index is 1.68. The van der Waals surface area contributed by atoms with Crippen molar-refractivity contribution in [2.24, 2.45) is 5.92 Å². The highest BCUT2D eigenvalue weighted by atomic mass is 19.1. The molecule has 18 heavy (non-hydrogen) atoms. The van der Waals surface area contributed by atoms with E-state index in [0.717, 1.165) is 31.2 Å². The van der Waals surface area contributed by atoms with Crippen molar-refractivity contribution in [2.75, 3.05) is 32.5 Å². The van der Waals surface area contributed by atoms with Crippen molar-refractivity contribution < 1.29 is 9.13 Å². The second kappa shape index (κ2) is 6.16. The predicted molar refractivity (Wildman–Crippen MR) is 70.7 cm³/mol. The van der Waals surface area contributed by atoms with Crippen molar-refractivity contribution in [3.63, 3.8) is 0 Å². The molecule has 0 radical (unpaired) electrons. The first-order valence-corrected chi connectivity index (χ1v) is 6.45. The lowest BCUT2D eigenvalue weighted by molar-refractivity contribution is 0.102. The van der Waals surface area contributed by atoms with E-state index in [1.54, 1.807) is 6.07 Å². The molecule has 0 aromatic heterocycles. The maximum atomic E-state index is 13.3. The molecule has 0 amide bonds. The molecule has 0 atom stereocenters. The highest BCUT2D eigenvalue weighted by Gasteiger charge is 2.20. The SMILES string of the molecule is CN(CCOCC1CC1)Cc1ccc(N)c(F)c1. The number of nitrogens with zero attached hydrogens (tertiary/aromatic N) is 1. The maximum Gasteiger partial charge on any atom is 0.146 e. The molecule has 2 rings (SSSR count). The number of halogens is 1. The average Bonchev–Trinajstić information content (AvgIpc) is 3.14. The van der Waals surface area contributed by atoms with Gasteiger partial charge in [0.05, 0.1) is 12.3 Å². The summed E-state index contributed by atoms with van der Waals surface area (Å²) in [4.78, 5) is 2.12. The van der Waals surface area contributed by atoms with Gasteiger partial charge in [0.2, 0.25) is 0 Å². The van der Waals surface area contributed by atoms with Crippen LogP contribution in [0.5, 0.6) is 0 Å². The van der Waals surface area contributed by atoms with Gasteiger partial charge in [-0.15, -0.1) is 0 Å². The van der Waals surface area contributed by atoms with Crippen LogP contribution in [0, 0.1) is 11.7 Å². The Morgan fingerprint density at radius 1 is 1.44 bits per heavy atom. The molecule has 4 heteroatoms. The molecule has 0 unspecified atom stereocenters. The summed E-state index contributed by atoms with van der Waals surface area (Å²) in [5.41, 5.74) is 6.58. The van der Waals surface area contributed by atoms with E-state index in [-0.39, 0.29) is 11.5 Å². The van der Waals surface area contributed by atoms with E-state index in [0.29, 0.717) is 6.54 Å². The van der Waals surface area contributed by atoms with E-state index in [1.165, 1.54) is 18.9 Å². The molecule has 1 aliphatic rings. The zero-order valence-electron chi connectivity index (χ0n) is 10.9. The van der Waals surface area contributed by atoms with Gasteiger partial charge >= 0.3 is 0 Å². The first kappa shape index (κ1) is 13.3. The number of likely N-dealkylation sites (N-methyl/N-ethyl adjacent to an activating group) is 1. The first-order valence-electron chi connectivity index (χ1n) is 6.45. The molecule has 0 saturated heterocycles. The summed E-state index contributed by atoms with van der Waals surface area (Å²) in [6.07, 6.45) is 2.64. The topological polar surface area (TPSA) is 38.5 Å². The second-order valence-corrected chi connectivity index (χ2v) is 5.11. The van der Waals surface area contributed by atoms with E-state index in [2.05, 4.69) is 4.90 Å². The Labute approximate surface area is 108 Å². The molecule has 0 spiro atoms. The van der Waals surface area contributed by atoms with Crippen molar-refractivity contribution in [3.05, 3.63) is 29.6 Å². The normalized spacial score (nSPS) is 15.3. The Morgan fingerprint density at radius 3 is 2.89 bits per heavy atom. The van der Waals surface area contributed by atoms with Crippen LogP contribution in [0.15, 0.2) is 18.2 Å². The highest BCUT2D eigenvalue weighted by Crippen LogP contribution is 2.28. The standard InChI is InChI=1S/C14H21FN2O/c1-17(6-7-18-10-11-2-3-11)9-12-4-5-14(16)13(15)8-12/h4-5,8,11H,2-3,6-7,9-10,16H2,1H3. The minimum Gasteiger partial charge on any atom is -0.396 e. The van der Waals surface area contributed by atoms with Crippen LogP contribution in [0.2, 0.25) is 0 Å². The number of hydrogen-bond donors (Lipinski definition) is 1. The van der Waals surface area contributed by atoms with Crippen molar-refractivity contribution in [3.8, 4) is 0 Å². The maximum absolute atomic E-state index is 13.3. The zero-order chi connectivity index (χ0) is 13.0. The van der Waals surface area contributed by atoms with Crippen LogP contribution in [0.25, 0.3) is 0 Å². The molecule has 3 nitrogen and oxygen atoms in total. The summed E-state index contributed by atoms with van der Waals surface area (Å²) in [6, 6.07) is 4.97. The van der Waals surface area contributed by atoms with Gasteiger partial charge in [-0.2, -0.15) is 0 Å². The van der Waals surface area contributed by atoms with E-state index in [1.807, 2.05) is 13.1 Å². The largest absolute Gasteiger partial charge is 0.396 e. The summed E-state index contributed by atoms with van der Waals surface area (Å²) in [6.45, 7) is 3.21. The summed E-state index contributed by atoms with van der Waals surface area (Å²) >= 11 is 0. The number of rotatable bonds is 7. The smallest absolute Gasteiger partial charge is 0.146 e. The Bertz CT molecular complexity index is 393. The Morgan fingerprint density at radius 2 is 2.22 bits per heavy atom. The third-order valence-electron chi connectivity index (χ3n) is 3.19. The van der Waals surface area contributed by atoms with E-state index in [4.69, 9.17) is 10.5 Å². The number of nitrogen functional groups attached to an aromatic ring is 1. The van der Waals surface area contributed by atoms with Crippen molar-refractivity contribution in [1.82, 2.24) is 4.90 Å². The molecule has 1 fully saturated rings. The first-order chi connectivity index (χ1) is 8.65. The summed E-state index contributed by atoms with van der Waals surface area (Å²) < 4.78 is 18.8. The van der Waals surface area contributed by atoms with Gasteiger partial charge in [-0.3, -0.25) is 4.90 Å². The highest BCUT2D eigenvalue weighted by molar-refractivity contribution is 5.41. The van der Waals surface area contributed by atoms with Gasteiger partial charge in [0.15, 0.2) is 0 Å². The average molecular weight is 252 g/mol. The monoisotopic (exact) mass is 252 g/mol. The third kappa shape index (κ3) is 4.27. The molecule has 0 aliphatic heterocycles. The number of anilines is 1. The quantitative estimate of drug-likeness (QED) is 0.597. The molecule has 1 aromatic carbocycles. The lowest BCUT2D eigenvalue weighted by atomic mass is 10.2. The van der Waals surface area contributed by atoms with Gasteiger partial charge in [-0.05, 0) is 43.5 Å². The van der Waals surface area contributed by atoms with Crippen molar-refractivity contribution >= 4 is 5.69 Å². The summed E-state index contributed by atoms with van der Waals surface area (Å²) in [5.74, 6) is 0.465. The van der Waals surface area contributed by atoms with Gasteiger partial charge in [0.1, 0.15) is 5.82 Å². The number of nitrogens with two attached hydrogens (primary N) is 1. The minimum absolute atomic E-state index is 0.203. The van der Waals surface area contributed by atoms with Crippen molar-refractivity contribution in [2.45, 2.75) is 19.4 Å². The van der Waals surface area contributed by atoms with Crippen LogP contribution in [-0.2, 0) is 11.3 Å². The van der Waals surface area contributed by atoms with Gasteiger partial charge in [0, 0.05) is 19.7 Å². The molecular formula is C14H21FN2O. The van der Waals surface area contributed by atoms with Crippen LogP contribution in [0.4, 0.5) is 10.1 Å². The molecule has 0 bridgehead atoms. The molecular weight excluding hydrogens is 231 g/mol. The second-order valence-electron chi connectivity index (χ2n) is 5.11. The van der Waals surface area contributed by atoms with Crippen molar-refractivity contribution in [1.29, 1.82) is 0 Å². The lowest BCUT2D eigenvalue weighted by Crippen LogP contribution is -2.23. The zero-order valence-corrected chi connectivity index (χ0v) is 10.9. The predicted octanol–water partition coefficient (Wildman–Crippen LogP) is 2.27. The van der Waals surface area contributed by atoms with Crippen LogP contribution >= 0.6 is 0 Å². The molecule has 100 valence electrons. The molecule has 2 N–H and O–H groups in total.